The second-order valence-corrected chi connectivity index (χ2v) is 20.0. The maximum absolute atomic E-state index is 3.24. The van der Waals surface area contributed by atoms with Gasteiger partial charge in [0.25, 0.3) is 0 Å². The Morgan fingerprint density at radius 2 is 1.20 bits per heavy atom. The van der Waals surface area contributed by atoms with E-state index in [9.17, 15) is 0 Å². The topological polar surface area (TPSA) is 0 Å². The monoisotopic (exact) mass is 290 g/mol. The first-order valence-corrected chi connectivity index (χ1v) is 10.2. The van der Waals surface area contributed by atoms with Crippen molar-refractivity contribution in [1.82, 2.24) is 0 Å². The Morgan fingerprint density at radius 1 is 1.20 bits per heavy atom. The molecule has 0 radical (unpaired) electrons. The van der Waals surface area contributed by atoms with Crippen LogP contribution >= 0.6 is 42.2 Å². The van der Waals surface area contributed by atoms with Crippen molar-refractivity contribution < 1.29 is 2.85 Å². The predicted molar refractivity (Wildman–Crippen MR) is 40.5 cm³/mol. The molecule has 0 saturated heterocycles. The molecule has 5 heteroatoms. The molecule has 0 nitrogen and oxygen atoms in total. The van der Waals surface area contributed by atoms with Crippen LogP contribution < -0.4 is 0 Å². The summed E-state index contributed by atoms with van der Waals surface area (Å²) in [5, 5.41) is 0. The SMILES string of the molecule is [Br][Al]([Br])[Br].[H-].[H-].[Mg+2]. The fraction of sp³-hybridized carbons (Fsp3) is 0. The van der Waals surface area contributed by atoms with Crippen molar-refractivity contribution in [2.45, 2.75) is 0 Å². The zero-order chi connectivity index (χ0) is 3.58. The zero-order valence-electron chi connectivity index (χ0n) is 4.42. The van der Waals surface area contributed by atoms with E-state index in [1.54, 1.807) is 0 Å². The minimum atomic E-state index is -0.701. The van der Waals surface area contributed by atoms with E-state index in [0.717, 1.165) is 0 Å². The van der Waals surface area contributed by atoms with Crippen molar-refractivity contribution in [3.8, 4) is 0 Å². The summed E-state index contributed by atoms with van der Waals surface area (Å²) in [7, 11) is -0.701. The summed E-state index contributed by atoms with van der Waals surface area (Å²) < 4.78 is 0. The fourth-order valence-corrected chi connectivity index (χ4v) is 0. The summed E-state index contributed by atoms with van der Waals surface area (Å²) in [6.07, 6.45) is 0. The largest absolute Gasteiger partial charge is 2.00 e. The fourth-order valence-electron chi connectivity index (χ4n) is 0. The van der Waals surface area contributed by atoms with Gasteiger partial charge in [0, 0.05) is 0 Å². The summed E-state index contributed by atoms with van der Waals surface area (Å²) >= 11 is 9.73. The number of rotatable bonds is 0. The zero-order valence-corrected chi connectivity index (χ0v) is 9.75. The van der Waals surface area contributed by atoms with E-state index in [4.69, 9.17) is 0 Å². The molecule has 0 unspecified atom stereocenters. The van der Waals surface area contributed by atoms with Gasteiger partial charge in [-0.05, 0) is 0 Å². The van der Waals surface area contributed by atoms with E-state index in [2.05, 4.69) is 42.2 Å². The molecule has 0 fully saturated rings. The Kier molecular flexibility index (Phi) is 14.4. The van der Waals surface area contributed by atoms with E-state index in [1.807, 2.05) is 0 Å². The van der Waals surface area contributed by atoms with Gasteiger partial charge in [0.1, 0.15) is 0 Å². The second kappa shape index (κ2) is 6.74. The number of hydrogen-bond acceptors (Lipinski definition) is 0. The molecule has 0 saturated carbocycles. The van der Waals surface area contributed by atoms with Crippen LogP contribution in [0.4, 0.5) is 0 Å². The minimum Gasteiger partial charge on any atom is -1.00 e. The van der Waals surface area contributed by atoms with E-state index in [1.165, 1.54) is 0 Å². The van der Waals surface area contributed by atoms with Crippen LogP contribution in [-0.2, 0) is 0 Å². The van der Waals surface area contributed by atoms with E-state index in [-0.39, 0.29) is 25.9 Å². The van der Waals surface area contributed by atoms with Crippen molar-refractivity contribution in [1.29, 1.82) is 0 Å². The molecular weight excluding hydrogens is 291 g/mol. The van der Waals surface area contributed by atoms with Crippen LogP contribution in [0.15, 0.2) is 0 Å². The molecule has 0 aliphatic carbocycles. The molecule has 0 aromatic carbocycles. The van der Waals surface area contributed by atoms with E-state index in [0.29, 0.717) is 0 Å². The van der Waals surface area contributed by atoms with Gasteiger partial charge in [-0.15, -0.1) is 0 Å². The first kappa shape index (κ1) is 10.7. The molecule has 0 N–H and O–H groups in total. The van der Waals surface area contributed by atoms with Crippen molar-refractivity contribution in [2.75, 3.05) is 0 Å². The molecule has 0 atom stereocenters. The van der Waals surface area contributed by atoms with Crippen LogP contribution in [0.3, 0.4) is 0 Å². The van der Waals surface area contributed by atoms with E-state index >= 15 is 0 Å². The van der Waals surface area contributed by atoms with Crippen LogP contribution in [0.25, 0.3) is 0 Å². The summed E-state index contributed by atoms with van der Waals surface area (Å²) in [4.78, 5) is 0. The first-order valence-electron chi connectivity index (χ1n) is 0.655. The molecule has 0 rings (SSSR count). The molecule has 0 aliphatic rings. The van der Waals surface area contributed by atoms with Gasteiger partial charge in [-0.3, -0.25) is 0 Å². The number of hydrogen-bond donors (Lipinski definition) is 0. The van der Waals surface area contributed by atoms with E-state index < -0.39 is 8.67 Å². The Labute approximate surface area is 75.5 Å². The average molecular weight is 293 g/mol. The Balaban J connectivity index is -0.0000000150. The minimum absolute atomic E-state index is 0. The Morgan fingerprint density at radius 3 is 1.20 bits per heavy atom. The molecule has 5 heavy (non-hydrogen) atoms. The van der Waals surface area contributed by atoms with Crippen molar-refractivity contribution in [2.24, 2.45) is 0 Å². The summed E-state index contributed by atoms with van der Waals surface area (Å²) in [6.45, 7) is 0. The molecule has 0 heterocycles. The third-order valence-corrected chi connectivity index (χ3v) is 0. The molecule has 0 amide bonds. The van der Waals surface area contributed by atoms with Gasteiger partial charge >= 0.3 is 31.7 Å². The van der Waals surface area contributed by atoms with Crippen LogP contribution in [0.2, 0.25) is 0 Å². The van der Waals surface area contributed by atoms with Gasteiger partial charge in [-0.1, -0.05) is 0 Å². The summed E-state index contributed by atoms with van der Waals surface area (Å²) in [5.74, 6) is 0. The normalized spacial score (nSPS) is 5.40. The van der Waals surface area contributed by atoms with Gasteiger partial charge in [-0.25, -0.2) is 0 Å². The molecule has 0 aromatic rings. The Bertz CT molecular complexity index is 17.7. The molecule has 0 aromatic heterocycles. The molecule has 0 bridgehead atoms. The summed E-state index contributed by atoms with van der Waals surface area (Å²) in [5.41, 5.74) is 0. The van der Waals surface area contributed by atoms with Crippen molar-refractivity contribution >= 4 is 73.9 Å². The average Bonchev–Trinajstić information content (AvgIpc) is 0.811. The first-order chi connectivity index (χ1) is 1.73. The molecular formula is H2AlBr3Mg. The smallest absolute Gasteiger partial charge is 1.00 e. The maximum Gasteiger partial charge on any atom is 2.00 e. The molecule has 28 valence electrons. The van der Waals surface area contributed by atoms with Crippen LogP contribution in [0.1, 0.15) is 2.85 Å². The molecule has 0 aliphatic heterocycles. The second-order valence-electron chi connectivity index (χ2n) is 0.247. The van der Waals surface area contributed by atoms with Gasteiger partial charge in [0.05, 0.1) is 0 Å². The maximum atomic E-state index is 3.24. The van der Waals surface area contributed by atoms with Crippen LogP contribution in [0.5, 0.6) is 0 Å². The van der Waals surface area contributed by atoms with Gasteiger partial charge in [0.15, 0.2) is 0 Å². The predicted octanol–water partition coefficient (Wildman–Crippen LogP) is 2.00. The van der Waals surface area contributed by atoms with Crippen molar-refractivity contribution in [3.05, 3.63) is 0 Å². The molecule has 0 spiro atoms. The van der Waals surface area contributed by atoms with Gasteiger partial charge < -0.3 is 2.85 Å². The summed E-state index contributed by atoms with van der Waals surface area (Å²) in [6, 6.07) is 0. The van der Waals surface area contributed by atoms with Crippen LogP contribution in [-0.4, -0.2) is 31.7 Å². The van der Waals surface area contributed by atoms with Gasteiger partial charge in [-0.2, -0.15) is 42.2 Å². The Hall–Kier alpha value is 2.74. The quantitative estimate of drug-likeness (QED) is 0.599. The third kappa shape index (κ3) is 20.2. The van der Waals surface area contributed by atoms with Crippen molar-refractivity contribution in [3.63, 3.8) is 0 Å². The number of halogens is 3. The third-order valence-electron chi connectivity index (χ3n) is 0. The van der Waals surface area contributed by atoms with Crippen LogP contribution in [0, 0.1) is 0 Å². The standard InChI is InChI=1S/Al.3BrH.Mg.2H/h;3*1H;;;/q+3;;;;+2;2*-1/p-3. The van der Waals surface area contributed by atoms with Gasteiger partial charge in [0.2, 0.25) is 0 Å².